The third kappa shape index (κ3) is 4.15. The van der Waals surface area contributed by atoms with Crippen LogP contribution in [0.1, 0.15) is 25.7 Å². The van der Waals surface area contributed by atoms with Crippen molar-refractivity contribution in [1.29, 1.82) is 0 Å². The summed E-state index contributed by atoms with van der Waals surface area (Å²) in [6.45, 7) is -0.648. The zero-order valence-electron chi connectivity index (χ0n) is 8.41. The molecule has 1 N–H and O–H groups in total. The van der Waals surface area contributed by atoms with Crippen molar-refractivity contribution in [2.24, 2.45) is 5.41 Å². The van der Waals surface area contributed by atoms with E-state index < -0.39 is 27.9 Å². The molecule has 0 unspecified atom stereocenters. The minimum absolute atomic E-state index is 0.00544. The summed E-state index contributed by atoms with van der Waals surface area (Å²) in [5, 5.41) is 8.61. The highest BCUT2D eigenvalue weighted by Gasteiger charge is 2.47. The Labute approximate surface area is 88.4 Å². The largest absolute Gasteiger partial charge is 0.481 e. The molecule has 1 aliphatic rings. The van der Waals surface area contributed by atoms with E-state index in [0.717, 1.165) is 0 Å². The number of halogens is 1. The fourth-order valence-corrected chi connectivity index (χ4v) is 3.70. The van der Waals surface area contributed by atoms with Crippen LogP contribution in [-0.4, -0.2) is 37.7 Å². The molecule has 88 valence electrons. The van der Waals surface area contributed by atoms with Crippen molar-refractivity contribution in [3.63, 3.8) is 0 Å². The van der Waals surface area contributed by atoms with Gasteiger partial charge in [-0.2, -0.15) is 0 Å². The first-order valence-corrected chi connectivity index (χ1v) is 6.69. The molecule has 0 amide bonds. The summed E-state index contributed by atoms with van der Waals surface area (Å²) in [4.78, 5) is 10.5. The second-order valence-electron chi connectivity index (χ2n) is 4.21. The number of hydrogen-bond acceptors (Lipinski definition) is 3. The van der Waals surface area contributed by atoms with E-state index in [2.05, 4.69) is 0 Å². The van der Waals surface area contributed by atoms with Crippen molar-refractivity contribution < 1.29 is 22.7 Å². The Hall–Kier alpha value is -0.650. The van der Waals surface area contributed by atoms with Gasteiger partial charge in [-0.3, -0.25) is 9.18 Å². The van der Waals surface area contributed by atoms with Crippen LogP contribution in [0.5, 0.6) is 0 Å². The Morgan fingerprint density at radius 3 is 2.40 bits per heavy atom. The summed E-state index contributed by atoms with van der Waals surface area (Å²) in [5.74, 6) is -1.25. The van der Waals surface area contributed by atoms with Crippen molar-refractivity contribution in [2.45, 2.75) is 25.7 Å². The van der Waals surface area contributed by atoms with Gasteiger partial charge in [0.1, 0.15) is 0 Å². The van der Waals surface area contributed by atoms with E-state index in [1.165, 1.54) is 0 Å². The maximum absolute atomic E-state index is 11.8. The predicted octanol–water partition coefficient (Wildman–Crippen LogP) is 1.02. The SMILES string of the molecule is O=C(O)CC1(CS(=O)(=O)CCCF)CC1. The zero-order valence-corrected chi connectivity index (χ0v) is 9.22. The number of carbonyl (C=O) groups is 1. The molecule has 1 rings (SSSR count). The number of hydrogen-bond donors (Lipinski definition) is 1. The quantitative estimate of drug-likeness (QED) is 0.718. The molecule has 0 heterocycles. The van der Waals surface area contributed by atoms with E-state index in [1.807, 2.05) is 0 Å². The topological polar surface area (TPSA) is 71.4 Å². The van der Waals surface area contributed by atoms with Gasteiger partial charge in [-0.1, -0.05) is 0 Å². The highest BCUT2D eigenvalue weighted by atomic mass is 32.2. The molecule has 0 aliphatic heterocycles. The molecular formula is C9H15FO4S. The van der Waals surface area contributed by atoms with Crippen LogP contribution in [0.25, 0.3) is 0 Å². The molecule has 0 radical (unpaired) electrons. The third-order valence-electron chi connectivity index (χ3n) is 2.60. The first-order chi connectivity index (χ1) is 6.89. The number of rotatable bonds is 7. The predicted molar refractivity (Wildman–Crippen MR) is 53.2 cm³/mol. The van der Waals surface area contributed by atoms with Gasteiger partial charge in [-0.05, 0) is 24.7 Å². The second kappa shape index (κ2) is 4.47. The summed E-state index contributed by atoms with van der Waals surface area (Å²) < 4.78 is 34.8. The van der Waals surface area contributed by atoms with Crippen LogP contribution in [0.4, 0.5) is 4.39 Å². The van der Waals surface area contributed by atoms with E-state index in [9.17, 15) is 17.6 Å². The maximum atomic E-state index is 11.8. The lowest BCUT2D eigenvalue weighted by Gasteiger charge is -2.12. The van der Waals surface area contributed by atoms with Crippen LogP contribution in [-0.2, 0) is 14.6 Å². The lowest BCUT2D eigenvalue weighted by atomic mass is 10.1. The van der Waals surface area contributed by atoms with Gasteiger partial charge in [0.2, 0.25) is 0 Å². The average molecular weight is 238 g/mol. The van der Waals surface area contributed by atoms with E-state index in [4.69, 9.17) is 5.11 Å². The number of alkyl halides is 1. The van der Waals surface area contributed by atoms with Crippen LogP contribution < -0.4 is 0 Å². The Morgan fingerprint density at radius 1 is 1.40 bits per heavy atom. The van der Waals surface area contributed by atoms with Crippen LogP contribution >= 0.6 is 0 Å². The zero-order chi connectivity index (χ0) is 11.5. The van der Waals surface area contributed by atoms with Crippen LogP contribution in [0.3, 0.4) is 0 Å². The van der Waals surface area contributed by atoms with Crippen molar-refractivity contribution in [2.75, 3.05) is 18.2 Å². The van der Waals surface area contributed by atoms with Crippen LogP contribution in [0.2, 0.25) is 0 Å². The average Bonchev–Trinajstić information content (AvgIpc) is 2.79. The Bertz CT molecular complexity index is 332. The fourth-order valence-electron chi connectivity index (χ4n) is 1.68. The van der Waals surface area contributed by atoms with Gasteiger partial charge >= 0.3 is 5.97 Å². The summed E-state index contributed by atoms with van der Waals surface area (Å²) in [5.41, 5.74) is -0.555. The number of carboxylic acids is 1. The third-order valence-corrected chi connectivity index (χ3v) is 4.56. The molecule has 0 spiro atoms. The van der Waals surface area contributed by atoms with E-state index in [-0.39, 0.29) is 24.3 Å². The molecular weight excluding hydrogens is 223 g/mol. The molecule has 4 nitrogen and oxygen atoms in total. The molecule has 15 heavy (non-hydrogen) atoms. The monoisotopic (exact) mass is 238 g/mol. The van der Waals surface area contributed by atoms with Crippen molar-refractivity contribution in [1.82, 2.24) is 0 Å². The van der Waals surface area contributed by atoms with E-state index in [0.29, 0.717) is 12.8 Å². The molecule has 0 atom stereocenters. The van der Waals surface area contributed by atoms with E-state index >= 15 is 0 Å². The summed E-state index contributed by atoms with van der Waals surface area (Å²) in [6.07, 6.45) is 1.20. The number of aliphatic carboxylic acids is 1. The number of carboxylic acid groups (broad SMARTS) is 1. The summed E-state index contributed by atoms with van der Waals surface area (Å²) in [7, 11) is -3.29. The molecule has 1 aliphatic carbocycles. The molecule has 0 aromatic rings. The van der Waals surface area contributed by atoms with Crippen molar-refractivity contribution in [3.05, 3.63) is 0 Å². The first kappa shape index (κ1) is 12.4. The van der Waals surface area contributed by atoms with Crippen molar-refractivity contribution >= 4 is 15.8 Å². The van der Waals surface area contributed by atoms with Gasteiger partial charge in [-0.15, -0.1) is 0 Å². The summed E-state index contributed by atoms with van der Waals surface area (Å²) in [6, 6.07) is 0. The van der Waals surface area contributed by atoms with Crippen LogP contribution in [0, 0.1) is 5.41 Å². The van der Waals surface area contributed by atoms with Gasteiger partial charge in [0.05, 0.1) is 24.6 Å². The van der Waals surface area contributed by atoms with Gasteiger partial charge in [-0.25, -0.2) is 8.42 Å². The smallest absolute Gasteiger partial charge is 0.303 e. The molecule has 1 saturated carbocycles. The normalized spacial score (nSPS) is 18.7. The maximum Gasteiger partial charge on any atom is 0.303 e. The molecule has 0 saturated heterocycles. The van der Waals surface area contributed by atoms with Crippen molar-refractivity contribution in [3.8, 4) is 0 Å². The lowest BCUT2D eigenvalue weighted by Crippen LogP contribution is -2.22. The first-order valence-electron chi connectivity index (χ1n) is 4.87. The molecule has 0 bridgehead atoms. The highest BCUT2D eigenvalue weighted by molar-refractivity contribution is 7.91. The Kier molecular flexibility index (Phi) is 3.70. The van der Waals surface area contributed by atoms with Gasteiger partial charge in [0.15, 0.2) is 9.84 Å². The Balaban J connectivity index is 2.50. The molecule has 6 heteroatoms. The minimum atomic E-state index is -3.29. The number of sulfone groups is 1. The van der Waals surface area contributed by atoms with Crippen LogP contribution in [0.15, 0.2) is 0 Å². The Morgan fingerprint density at radius 2 is 2.00 bits per heavy atom. The van der Waals surface area contributed by atoms with Gasteiger partial charge in [0, 0.05) is 0 Å². The second-order valence-corrected chi connectivity index (χ2v) is 6.39. The standard InChI is InChI=1S/C9H15FO4S/c10-4-1-5-15(13,14)7-9(2-3-9)6-8(11)12/h1-7H2,(H,11,12). The van der Waals surface area contributed by atoms with E-state index in [1.54, 1.807) is 0 Å². The lowest BCUT2D eigenvalue weighted by molar-refractivity contribution is -0.138. The van der Waals surface area contributed by atoms with Gasteiger partial charge in [0.25, 0.3) is 0 Å². The fraction of sp³-hybridized carbons (Fsp3) is 0.889. The molecule has 0 aromatic carbocycles. The molecule has 1 fully saturated rings. The molecule has 0 aromatic heterocycles. The van der Waals surface area contributed by atoms with Gasteiger partial charge < -0.3 is 5.11 Å². The highest BCUT2D eigenvalue weighted by Crippen LogP contribution is 2.49. The summed E-state index contributed by atoms with van der Waals surface area (Å²) >= 11 is 0. The minimum Gasteiger partial charge on any atom is -0.481 e.